The van der Waals surface area contributed by atoms with Crippen LogP contribution in [0.1, 0.15) is 67.6 Å². The van der Waals surface area contributed by atoms with Crippen molar-refractivity contribution in [3.05, 3.63) is 40.6 Å². The van der Waals surface area contributed by atoms with Crippen molar-refractivity contribution in [3.63, 3.8) is 0 Å². The summed E-state index contributed by atoms with van der Waals surface area (Å²) in [5.74, 6) is 0.942. The second-order valence-corrected chi connectivity index (χ2v) is 8.65. The van der Waals surface area contributed by atoms with Gasteiger partial charge in [0.1, 0.15) is 5.82 Å². The molecule has 6 nitrogen and oxygen atoms in total. The van der Waals surface area contributed by atoms with E-state index in [0.717, 1.165) is 67.0 Å². The van der Waals surface area contributed by atoms with E-state index in [2.05, 4.69) is 4.90 Å². The summed E-state index contributed by atoms with van der Waals surface area (Å²) in [6.45, 7) is 4.15. The molecule has 31 heavy (non-hydrogen) atoms. The fourth-order valence-electron chi connectivity index (χ4n) is 5.00. The summed E-state index contributed by atoms with van der Waals surface area (Å²) in [5.41, 5.74) is 3.93. The Bertz CT molecular complexity index is 984. The van der Waals surface area contributed by atoms with Gasteiger partial charge in [-0.15, -0.1) is 0 Å². The number of alkyl halides is 2. The van der Waals surface area contributed by atoms with E-state index in [-0.39, 0.29) is 17.7 Å². The predicted molar refractivity (Wildman–Crippen MR) is 113 cm³/mol. The second kappa shape index (κ2) is 8.22. The highest BCUT2D eigenvalue weighted by Gasteiger charge is 2.34. The molecule has 0 spiro atoms. The summed E-state index contributed by atoms with van der Waals surface area (Å²) in [4.78, 5) is 16.1. The summed E-state index contributed by atoms with van der Waals surface area (Å²) < 4.78 is 35.0. The standard InChI is InChI=1S/C23H28F2N4O2/c1-15(30)27-11-9-19-18(14-27)23(29(26-19)21-6-2-3-12-31-21)28-10-4-5-16-7-8-17(22(24)25)13-20(16)28/h7-8,13,21-22H,2-6,9-12,14H2,1H3. The lowest BCUT2D eigenvalue weighted by Gasteiger charge is -2.35. The Labute approximate surface area is 180 Å². The lowest BCUT2D eigenvalue weighted by Crippen LogP contribution is -2.35. The van der Waals surface area contributed by atoms with Crippen LogP contribution in [0, 0.1) is 0 Å². The number of fused-ring (bicyclic) bond motifs is 2. The van der Waals surface area contributed by atoms with Gasteiger partial charge in [0.05, 0.1) is 12.2 Å². The van der Waals surface area contributed by atoms with Crippen molar-refractivity contribution in [3.8, 4) is 0 Å². The van der Waals surface area contributed by atoms with Gasteiger partial charge in [0.25, 0.3) is 6.43 Å². The maximum Gasteiger partial charge on any atom is 0.263 e. The molecule has 1 amide bonds. The number of anilines is 2. The molecule has 1 aromatic carbocycles. The molecule has 166 valence electrons. The highest BCUT2D eigenvalue weighted by atomic mass is 19.3. The van der Waals surface area contributed by atoms with Crippen LogP contribution in [-0.2, 0) is 28.9 Å². The molecule has 5 rings (SSSR count). The van der Waals surface area contributed by atoms with Crippen LogP contribution in [0.15, 0.2) is 18.2 Å². The van der Waals surface area contributed by atoms with E-state index in [0.29, 0.717) is 26.1 Å². The molecule has 1 saturated heterocycles. The number of nitrogens with zero attached hydrogens (tertiary/aromatic N) is 4. The number of amides is 1. The van der Waals surface area contributed by atoms with Crippen molar-refractivity contribution in [1.82, 2.24) is 14.7 Å². The minimum absolute atomic E-state index is 0.0323. The Hall–Kier alpha value is -2.48. The van der Waals surface area contributed by atoms with E-state index in [4.69, 9.17) is 9.84 Å². The molecule has 0 radical (unpaired) electrons. The fourth-order valence-corrected chi connectivity index (χ4v) is 5.00. The summed E-state index contributed by atoms with van der Waals surface area (Å²) in [6, 6.07) is 4.98. The number of hydrogen-bond donors (Lipinski definition) is 0. The molecule has 0 bridgehead atoms. The number of aryl methyl sites for hydroxylation is 1. The minimum atomic E-state index is -2.51. The van der Waals surface area contributed by atoms with Gasteiger partial charge in [0.2, 0.25) is 5.91 Å². The number of halogens is 2. The van der Waals surface area contributed by atoms with Crippen LogP contribution in [0.4, 0.5) is 20.3 Å². The number of carbonyl (C=O) groups is 1. The van der Waals surface area contributed by atoms with Gasteiger partial charge in [-0.05, 0) is 43.7 Å². The number of benzene rings is 1. The number of hydrogen-bond acceptors (Lipinski definition) is 4. The van der Waals surface area contributed by atoms with Crippen molar-refractivity contribution in [2.75, 3.05) is 24.6 Å². The first kappa shape index (κ1) is 20.4. The van der Waals surface area contributed by atoms with Gasteiger partial charge < -0.3 is 14.5 Å². The van der Waals surface area contributed by atoms with Crippen molar-refractivity contribution >= 4 is 17.4 Å². The SMILES string of the molecule is CC(=O)N1CCc2nn(C3CCCCO3)c(N3CCCc4ccc(C(F)F)cc43)c2C1. The van der Waals surface area contributed by atoms with E-state index in [9.17, 15) is 13.6 Å². The Morgan fingerprint density at radius 3 is 2.81 bits per heavy atom. The zero-order chi connectivity index (χ0) is 21.5. The largest absolute Gasteiger partial charge is 0.356 e. The minimum Gasteiger partial charge on any atom is -0.356 e. The third-order valence-electron chi connectivity index (χ3n) is 6.64. The molecular formula is C23H28F2N4O2. The summed E-state index contributed by atoms with van der Waals surface area (Å²) in [7, 11) is 0. The zero-order valence-electron chi connectivity index (χ0n) is 17.8. The Kier molecular flexibility index (Phi) is 5.42. The molecule has 1 unspecified atom stereocenters. The third kappa shape index (κ3) is 3.71. The van der Waals surface area contributed by atoms with E-state index >= 15 is 0 Å². The van der Waals surface area contributed by atoms with Gasteiger partial charge in [0, 0.05) is 49.9 Å². The quantitative estimate of drug-likeness (QED) is 0.719. The third-order valence-corrected chi connectivity index (χ3v) is 6.64. The molecule has 1 atom stereocenters. The average Bonchev–Trinajstić information content (AvgIpc) is 3.17. The van der Waals surface area contributed by atoms with Gasteiger partial charge in [-0.25, -0.2) is 13.5 Å². The van der Waals surface area contributed by atoms with Crippen molar-refractivity contribution in [2.45, 2.75) is 64.6 Å². The molecule has 4 heterocycles. The van der Waals surface area contributed by atoms with Gasteiger partial charge in [-0.3, -0.25) is 4.79 Å². The van der Waals surface area contributed by atoms with Gasteiger partial charge in [0.15, 0.2) is 6.23 Å². The molecule has 3 aliphatic heterocycles. The topological polar surface area (TPSA) is 50.6 Å². The first-order valence-electron chi connectivity index (χ1n) is 11.2. The van der Waals surface area contributed by atoms with Crippen LogP contribution < -0.4 is 4.90 Å². The highest BCUT2D eigenvalue weighted by Crippen LogP contribution is 2.42. The predicted octanol–water partition coefficient (Wildman–Crippen LogP) is 4.51. The van der Waals surface area contributed by atoms with Crippen molar-refractivity contribution in [2.24, 2.45) is 0 Å². The average molecular weight is 430 g/mol. The molecule has 2 aromatic rings. The van der Waals surface area contributed by atoms with Gasteiger partial charge >= 0.3 is 0 Å². The molecule has 0 saturated carbocycles. The number of carbonyl (C=O) groups excluding carboxylic acids is 1. The van der Waals surface area contributed by atoms with E-state index in [1.807, 2.05) is 15.6 Å². The Morgan fingerprint density at radius 2 is 2.06 bits per heavy atom. The van der Waals surface area contributed by atoms with Crippen LogP contribution in [-0.4, -0.2) is 40.3 Å². The van der Waals surface area contributed by atoms with E-state index in [1.54, 1.807) is 13.0 Å². The lowest BCUT2D eigenvalue weighted by molar-refractivity contribution is -0.129. The molecule has 1 fully saturated rings. The molecule has 0 aliphatic carbocycles. The first-order valence-corrected chi connectivity index (χ1v) is 11.2. The van der Waals surface area contributed by atoms with Gasteiger partial charge in [-0.2, -0.15) is 5.10 Å². The zero-order valence-corrected chi connectivity index (χ0v) is 17.8. The number of ether oxygens (including phenoxy) is 1. The van der Waals surface area contributed by atoms with Crippen molar-refractivity contribution < 1.29 is 18.3 Å². The van der Waals surface area contributed by atoms with Crippen molar-refractivity contribution in [1.29, 1.82) is 0 Å². The lowest BCUT2D eigenvalue weighted by atomic mass is 9.98. The molecule has 3 aliphatic rings. The summed E-state index contributed by atoms with van der Waals surface area (Å²) in [6.07, 6.45) is 2.80. The maximum atomic E-state index is 13.5. The molecule has 1 aromatic heterocycles. The monoisotopic (exact) mass is 430 g/mol. The second-order valence-electron chi connectivity index (χ2n) is 8.65. The molecule has 8 heteroatoms. The smallest absolute Gasteiger partial charge is 0.263 e. The van der Waals surface area contributed by atoms with E-state index < -0.39 is 6.43 Å². The summed E-state index contributed by atoms with van der Waals surface area (Å²) in [5, 5.41) is 4.94. The highest BCUT2D eigenvalue weighted by molar-refractivity contribution is 5.75. The first-order chi connectivity index (χ1) is 15.0. The van der Waals surface area contributed by atoms with E-state index in [1.165, 1.54) is 6.07 Å². The maximum absolute atomic E-state index is 13.5. The van der Waals surface area contributed by atoms with Crippen LogP contribution in [0.25, 0.3) is 0 Å². The van der Waals surface area contributed by atoms with Gasteiger partial charge in [-0.1, -0.05) is 12.1 Å². The van der Waals surface area contributed by atoms with Crippen LogP contribution in [0.5, 0.6) is 0 Å². The molecule has 0 N–H and O–H groups in total. The fraction of sp³-hybridized carbons (Fsp3) is 0.565. The molecular weight excluding hydrogens is 402 g/mol. The Morgan fingerprint density at radius 1 is 1.19 bits per heavy atom. The normalized spacial score (nSPS) is 21.2. The van der Waals surface area contributed by atoms with Crippen LogP contribution >= 0.6 is 0 Å². The van der Waals surface area contributed by atoms with Crippen LogP contribution in [0.3, 0.4) is 0 Å². The number of rotatable bonds is 3. The van der Waals surface area contributed by atoms with Crippen LogP contribution in [0.2, 0.25) is 0 Å². The summed E-state index contributed by atoms with van der Waals surface area (Å²) >= 11 is 0. The Balaban J connectivity index is 1.64. The number of aromatic nitrogens is 2.